The molecule has 6 heteroatoms. The van der Waals surface area contributed by atoms with E-state index in [0.29, 0.717) is 0 Å². The molecule has 0 saturated heterocycles. The van der Waals surface area contributed by atoms with Crippen LogP contribution in [-0.4, -0.2) is 18.5 Å². The number of hydrogen-bond acceptors (Lipinski definition) is 3. The van der Waals surface area contributed by atoms with Crippen LogP contribution in [-0.2, 0) is 14.3 Å². The number of hydrogen-bond donors (Lipinski definition) is 1. The number of nitrogens with one attached hydrogen (secondary N) is 1. The Morgan fingerprint density at radius 1 is 1.37 bits per heavy atom. The van der Waals surface area contributed by atoms with Gasteiger partial charge in [0.15, 0.2) is 6.61 Å². The molecule has 2 rings (SSSR count). The highest BCUT2D eigenvalue weighted by molar-refractivity contribution is 5.93. The van der Waals surface area contributed by atoms with Gasteiger partial charge in [0.05, 0.1) is 5.92 Å². The lowest BCUT2D eigenvalue weighted by Crippen LogP contribution is -2.22. The van der Waals surface area contributed by atoms with Crippen molar-refractivity contribution >= 4 is 17.6 Å². The maximum absolute atomic E-state index is 13.2. The second kappa shape index (κ2) is 5.34. The maximum atomic E-state index is 13.2. The van der Waals surface area contributed by atoms with Crippen molar-refractivity contribution in [3.63, 3.8) is 0 Å². The van der Waals surface area contributed by atoms with Crippen molar-refractivity contribution in [2.24, 2.45) is 11.8 Å². The van der Waals surface area contributed by atoms with Gasteiger partial charge in [-0.3, -0.25) is 9.59 Å². The second-order valence-corrected chi connectivity index (χ2v) is 4.57. The maximum Gasteiger partial charge on any atom is 0.309 e. The van der Waals surface area contributed by atoms with Gasteiger partial charge in [-0.05, 0) is 24.5 Å². The highest BCUT2D eigenvalue weighted by Gasteiger charge is 2.40. The molecule has 102 valence electrons. The molecule has 1 aliphatic rings. The summed E-state index contributed by atoms with van der Waals surface area (Å²) in [5.74, 6) is -2.86. The lowest BCUT2D eigenvalue weighted by molar-refractivity contribution is -0.148. The standard InChI is InChI=1S/C13H13F2NO3/c1-7-5-8(7)13(18)19-6-11(17)16-12-9(14)3-2-4-10(12)15/h2-4,7-8H,5-6H2,1H3,(H,16,17)/t7-,8-/m1/s1. The summed E-state index contributed by atoms with van der Waals surface area (Å²) in [6.45, 7) is 1.36. The first-order chi connectivity index (χ1) is 8.99. The smallest absolute Gasteiger partial charge is 0.309 e. The van der Waals surface area contributed by atoms with E-state index in [1.165, 1.54) is 6.07 Å². The third kappa shape index (κ3) is 3.27. The van der Waals surface area contributed by atoms with E-state index in [4.69, 9.17) is 4.74 Å². The first kappa shape index (κ1) is 13.5. The minimum Gasteiger partial charge on any atom is -0.455 e. The van der Waals surface area contributed by atoms with Crippen molar-refractivity contribution in [3.05, 3.63) is 29.8 Å². The largest absolute Gasteiger partial charge is 0.455 e. The van der Waals surface area contributed by atoms with Crippen LogP contribution < -0.4 is 5.32 Å². The third-order valence-corrected chi connectivity index (χ3v) is 2.98. The Bertz CT molecular complexity index is 498. The minimum atomic E-state index is -0.879. The third-order valence-electron chi connectivity index (χ3n) is 2.98. The molecule has 1 amide bonds. The molecule has 0 aromatic heterocycles. The zero-order chi connectivity index (χ0) is 14.0. The lowest BCUT2D eigenvalue weighted by Gasteiger charge is -2.08. The van der Waals surface area contributed by atoms with Gasteiger partial charge < -0.3 is 10.1 Å². The number of para-hydroxylation sites is 1. The van der Waals surface area contributed by atoms with Gasteiger partial charge in [-0.15, -0.1) is 0 Å². The summed E-state index contributed by atoms with van der Waals surface area (Å²) in [5.41, 5.74) is -0.539. The van der Waals surface area contributed by atoms with E-state index in [2.05, 4.69) is 0 Å². The van der Waals surface area contributed by atoms with Crippen LogP contribution in [0.2, 0.25) is 0 Å². The topological polar surface area (TPSA) is 55.4 Å². The number of benzene rings is 1. The fourth-order valence-electron chi connectivity index (χ4n) is 1.69. The molecule has 2 atom stereocenters. The Morgan fingerprint density at radius 3 is 2.47 bits per heavy atom. The average molecular weight is 269 g/mol. The number of rotatable bonds is 4. The highest BCUT2D eigenvalue weighted by atomic mass is 19.1. The van der Waals surface area contributed by atoms with Crippen molar-refractivity contribution in [1.82, 2.24) is 0 Å². The minimum absolute atomic E-state index is 0.155. The molecule has 0 bridgehead atoms. The van der Waals surface area contributed by atoms with Crippen LogP contribution in [0, 0.1) is 23.5 Å². The number of carbonyl (C=O) groups is 2. The Morgan fingerprint density at radius 2 is 1.95 bits per heavy atom. The number of halogens is 2. The van der Waals surface area contributed by atoms with Crippen molar-refractivity contribution in [2.75, 3.05) is 11.9 Å². The monoisotopic (exact) mass is 269 g/mol. The number of amides is 1. The van der Waals surface area contributed by atoms with Crippen molar-refractivity contribution in [1.29, 1.82) is 0 Å². The predicted molar refractivity (Wildman–Crippen MR) is 63.2 cm³/mol. The summed E-state index contributed by atoms with van der Waals surface area (Å²) in [5, 5.41) is 2.04. The van der Waals surface area contributed by atoms with Crippen molar-refractivity contribution < 1.29 is 23.1 Å². The Hall–Kier alpha value is -1.98. The average Bonchev–Trinajstić information content (AvgIpc) is 3.08. The Balaban J connectivity index is 1.86. The highest BCUT2D eigenvalue weighted by Crippen LogP contribution is 2.38. The van der Waals surface area contributed by atoms with Crippen molar-refractivity contribution in [2.45, 2.75) is 13.3 Å². The zero-order valence-electron chi connectivity index (χ0n) is 10.3. The van der Waals surface area contributed by atoms with Gasteiger partial charge >= 0.3 is 5.97 Å². The molecule has 0 unspecified atom stereocenters. The molecule has 1 aromatic rings. The summed E-state index contributed by atoms with van der Waals surface area (Å²) in [6, 6.07) is 3.24. The molecular weight excluding hydrogens is 256 g/mol. The molecule has 1 aromatic carbocycles. The molecule has 4 nitrogen and oxygen atoms in total. The van der Waals surface area contributed by atoms with Crippen LogP contribution in [0.1, 0.15) is 13.3 Å². The lowest BCUT2D eigenvalue weighted by atomic mass is 10.3. The van der Waals surface area contributed by atoms with Gasteiger partial charge in [0.25, 0.3) is 5.91 Å². The summed E-state index contributed by atoms with van der Waals surface area (Å²) >= 11 is 0. The van der Waals surface area contributed by atoms with Crippen LogP contribution >= 0.6 is 0 Å². The predicted octanol–water partition coefficient (Wildman–Crippen LogP) is 2.10. The van der Waals surface area contributed by atoms with E-state index in [1.807, 2.05) is 12.2 Å². The summed E-state index contributed by atoms with van der Waals surface area (Å²) in [6.07, 6.45) is 0.752. The first-order valence-electron chi connectivity index (χ1n) is 5.89. The second-order valence-electron chi connectivity index (χ2n) is 4.57. The van der Waals surface area contributed by atoms with Gasteiger partial charge in [0.2, 0.25) is 0 Å². The van der Waals surface area contributed by atoms with E-state index in [-0.39, 0.29) is 11.8 Å². The van der Waals surface area contributed by atoms with Crippen LogP contribution in [0.25, 0.3) is 0 Å². The molecule has 0 aliphatic heterocycles. The summed E-state index contributed by atoms with van der Waals surface area (Å²) in [4.78, 5) is 22.8. The van der Waals surface area contributed by atoms with Gasteiger partial charge in [-0.1, -0.05) is 13.0 Å². The van der Waals surface area contributed by atoms with E-state index in [0.717, 1.165) is 18.6 Å². The van der Waals surface area contributed by atoms with E-state index in [1.54, 1.807) is 0 Å². The molecule has 0 radical (unpaired) electrons. The first-order valence-corrected chi connectivity index (χ1v) is 5.89. The number of anilines is 1. The Kier molecular flexibility index (Phi) is 3.78. The van der Waals surface area contributed by atoms with Gasteiger partial charge in [-0.25, -0.2) is 8.78 Å². The summed E-state index contributed by atoms with van der Waals surface area (Å²) < 4.78 is 31.2. The fourth-order valence-corrected chi connectivity index (χ4v) is 1.69. The van der Waals surface area contributed by atoms with E-state index < -0.39 is 35.8 Å². The van der Waals surface area contributed by atoms with Gasteiger partial charge in [0, 0.05) is 0 Å². The van der Waals surface area contributed by atoms with Crippen molar-refractivity contribution in [3.8, 4) is 0 Å². The normalized spacial score (nSPS) is 20.8. The fraction of sp³-hybridized carbons (Fsp3) is 0.385. The molecule has 1 N–H and O–H groups in total. The van der Waals surface area contributed by atoms with Gasteiger partial charge in [-0.2, -0.15) is 0 Å². The quantitative estimate of drug-likeness (QED) is 0.852. The summed E-state index contributed by atoms with van der Waals surface area (Å²) in [7, 11) is 0. The van der Waals surface area contributed by atoms with Gasteiger partial charge in [0.1, 0.15) is 17.3 Å². The van der Waals surface area contributed by atoms with Crippen LogP contribution in [0.3, 0.4) is 0 Å². The number of ether oxygens (including phenoxy) is 1. The zero-order valence-corrected chi connectivity index (χ0v) is 10.3. The van der Waals surface area contributed by atoms with E-state index in [9.17, 15) is 18.4 Å². The Labute approximate surface area is 108 Å². The molecule has 1 fully saturated rings. The van der Waals surface area contributed by atoms with E-state index >= 15 is 0 Å². The molecule has 1 saturated carbocycles. The molecule has 19 heavy (non-hydrogen) atoms. The molecule has 0 heterocycles. The molecule has 1 aliphatic carbocycles. The van der Waals surface area contributed by atoms with Crippen LogP contribution in [0.15, 0.2) is 18.2 Å². The number of esters is 1. The van der Waals surface area contributed by atoms with Crippen LogP contribution in [0.4, 0.5) is 14.5 Å². The van der Waals surface area contributed by atoms with Crippen LogP contribution in [0.5, 0.6) is 0 Å². The molecule has 0 spiro atoms. The number of carbonyl (C=O) groups excluding carboxylic acids is 2. The SMILES string of the molecule is C[C@@H]1C[C@H]1C(=O)OCC(=O)Nc1c(F)cccc1F. The molecular formula is C13H13F2NO3.